The Morgan fingerprint density at radius 2 is 1.92 bits per heavy atom. The van der Waals surface area contributed by atoms with Crippen molar-refractivity contribution in [2.75, 3.05) is 11.6 Å². The number of hydrogen-bond acceptors (Lipinski definition) is 7. The van der Waals surface area contributed by atoms with Crippen LogP contribution in [0.25, 0.3) is 5.57 Å². The Bertz CT molecular complexity index is 1630. The molecule has 184 valence electrons. The molecule has 0 spiro atoms. The van der Waals surface area contributed by atoms with Crippen LogP contribution in [-0.2, 0) is 14.3 Å². The van der Waals surface area contributed by atoms with E-state index in [2.05, 4.69) is 10.3 Å². The molecule has 0 aliphatic carbocycles. The molecule has 0 saturated carbocycles. The van der Waals surface area contributed by atoms with Gasteiger partial charge in [-0.3, -0.25) is 14.2 Å². The number of allylic oxidation sites excluding steroid dienone is 1. The molecule has 5 rings (SSSR count). The SMILES string of the molecule is CSc1ccc([C@H]2C(C(=O)OC(C)C)=C(C)N=c3s/c(=C4/C(=O)Nc5ccc(Cl)cc54)c(=O)n32)cc1. The van der Waals surface area contributed by atoms with Crippen molar-refractivity contribution in [3.63, 3.8) is 0 Å². The van der Waals surface area contributed by atoms with Gasteiger partial charge in [0.25, 0.3) is 11.5 Å². The number of carbonyl (C=O) groups is 2. The molecule has 36 heavy (non-hydrogen) atoms. The third-order valence-electron chi connectivity index (χ3n) is 5.94. The summed E-state index contributed by atoms with van der Waals surface area (Å²) in [6.45, 7) is 5.28. The molecule has 2 aliphatic heterocycles. The summed E-state index contributed by atoms with van der Waals surface area (Å²) < 4.78 is 7.27. The number of hydrogen-bond donors (Lipinski definition) is 1. The van der Waals surface area contributed by atoms with Crippen LogP contribution in [0.4, 0.5) is 5.69 Å². The van der Waals surface area contributed by atoms with Gasteiger partial charge in [-0.1, -0.05) is 35.1 Å². The number of aromatic nitrogens is 1. The Labute approximate surface area is 220 Å². The lowest BCUT2D eigenvalue weighted by Gasteiger charge is -2.25. The molecular weight excluding hydrogens is 518 g/mol. The highest BCUT2D eigenvalue weighted by Gasteiger charge is 2.35. The predicted molar refractivity (Wildman–Crippen MR) is 142 cm³/mol. The van der Waals surface area contributed by atoms with Crippen molar-refractivity contribution in [1.29, 1.82) is 0 Å². The number of amides is 1. The number of fused-ring (bicyclic) bond motifs is 2. The predicted octanol–water partition coefficient (Wildman–Crippen LogP) is 3.88. The molecule has 0 bridgehead atoms. The lowest BCUT2D eigenvalue weighted by Crippen LogP contribution is -2.40. The van der Waals surface area contributed by atoms with Crippen molar-refractivity contribution in [3.8, 4) is 0 Å². The first-order valence-electron chi connectivity index (χ1n) is 11.2. The van der Waals surface area contributed by atoms with Gasteiger partial charge in [-0.25, -0.2) is 9.79 Å². The van der Waals surface area contributed by atoms with Gasteiger partial charge in [0.1, 0.15) is 4.53 Å². The van der Waals surface area contributed by atoms with Crippen molar-refractivity contribution in [2.24, 2.45) is 4.99 Å². The standard InChI is InChI=1S/C26H22ClN3O4S2/c1-12(2)34-25(33)19-13(3)28-26-30(21(19)14-5-8-16(35-4)9-6-14)24(32)22(36-26)20-17-11-15(27)7-10-18(17)29-23(20)31/h5-12,21H,1-4H3,(H,29,31)/b22-20+/t21-/m0/s1. The summed E-state index contributed by atoms with van der Waals surface area (Å²) in [6, 6.07) is 12.0. The molecule has 1 amide bonds. The normalized spacial score (nSPS) is 18.1. The second kappa shape index (κ2) is 9.38. The highest BCUT2D eigenvalue weighted by Crippen LogP contribution is 2.34. The van der Waals surface area contributed by atoms with Crippen LogP contribution in [0.3, 0.4) is 0 Å². The molecule has 0 radical (unpaired) electrons. The molecule has 7 nitrogen and oxygen atoms in total. The van der Waals surface area contributed by atoms with Crippen molar-refractivity contribution in [3.05, 3.63) is 89.6 Å². The van der Waals surface area contributed by atoms with E-state index in [9.17, 15) is 14.4 Å². The van der Waals surface area contributed by atoms with Gasteiger partial charge in [0.15, 0.2) is 4.80 Å². The fraction of sp³-hybridized carbons (Fsp3) is 0.231. The number of carbonyl (C=O) groups excluding carboxylic acids is 2. The number of thioether (sulfide) groups is 1. The molecule has 1 aromatic heterocycles. The van der Waals surface area contributed by atoms with E-state index >= 15 is 0 Å². The topological polar surface area (TPSA) is 89.8 Å². The van der Waals surface area contributed by atoms with Crippen LogP contribution in [0.2, 0.25) is 5.02 Å². The van der Waals surface area contributed by atoms with Gasteiger partial charge in [-0.2, -0.15) is 0 Å². The molecule has 1 atom stereocenters. The van der Waals surface area contributed by atoms with Gasteiger partial charge >= 0.3 is 5.97 Å². The summed E-state index contributed by atoms with van der Waals surface area (Å²) in [4.78, 5) is 46.2. The van der Waals surface area contributed by atoms with Gasteiger partial charge in [0, 0.05) is 21.2 Å². The van der Waals surface area contributed by atoms with Gasteiger partial charge in [-0.15, -0.1) is 11.8 Å². The molecule has 3 heterocycles. The number of nitrogens with zero attached hydrogens (tertiary/aromatic N) is 2. The summed E-state index contributed by atoms with van der Waals surface area (Å²) in [5.41, 5.74) is 2.51. The Balaban J connectivity index is 1.80. The lowest BCUT2D eigenvalue weighted by atomic mass is 9.96. The Morgan fingerprint density at radius 3 is 2.58 bits per heavy atom. The maximum absolute atomic E-state index is 13.9. The average molecular weight is 540 g/mol. The quantitative estimate of drug-likeness (QED) is 0.401. The minimum Gasteiger partial charge on any atom is -0.459 e. The van der Waals surface area contributed by atoms with Crippen LogP contribution in [0.15, 0.2) is 68.4 Å². The minimum absolute atomic E-state index is 0.240. The van der Waals surface area contributed by atoms with Crippen molar-refractivity contribution >= 4 is 57.8 Å². The number of esters is 1. The van der Waals surface area contributed by atoms with Gasteiger partial charge in [0.05, 0.1) is 29.0 Å². The largest absolute Gasteiger partial charge is 0.459 e. The van der Waals surface area contributed by atoms with E-state index in [0.717, 1.165) is 21.8 Å². The van der Waals surface area contributed by atoms with Crippen LogP contribution in [0.1, 0.15) is 37.9 Å². The third-order valence-corrected chi connectivity index (χ3v) is 7.98. The molecule has 0 fully saturated rings. The first-order chi connectivity index (χ1) is 17.2. The van der Waals surface area contributed by atoms with Gasteiger partial charge in [-0.05, 0) is 62.9 Å². The summed E-state index contributed by atoms with van der Waals surface area (Å²) in [7, 11) is 0. The highest BCUT2D eigenvalue weighted by atomic mass is 35.5. The van der Waals surface area contributed by atoms with E-state index in [1.54, 1.807) is 50.7 Å². The molecule has 0 unspecified atom stereocenters. The van der Waals surface area contributed by atoms with Crippen LogP contribution in [0.5, 0.6) is 0 Å². The highest BCUT2D eigenvalue weighted by molar-refractivity contribution is 7.98. The average Bonchev–Trinajstić information content (AvgIpc) is 3.32. The Hall–Kier alpha value is -3.14. The second-order valence-corrected chi connectivity index (χ2v) is 10.9. The molecule has 0 saturated heterocycles. The zero-order chi connectivity index (χ0) is 25.7. The number of halogens is 1. The summed E-state index contributed by atoms with van der Waals surface area (Å²) >= 11 is 8.92. The van der Waals surface area contributed by atoms with E-state index in [0.29, 0.717) is 32.3 Å². The van der Waals surface area contributed by atoms with Crippen molar-refractivity contribution < 1.29 is 14.3 Å². The number of nitrogens with one attached hydrogen (secondary N) is 1. The zero-order valence-electron chi connectivity index (χ0n) is 19.9. The van der Waals surface area contributed by atoms with Crippen LogP contribution < -0.4 is 20.2 Å². The number of rotatable bonds is 4. The molecule has 10 heteroatoms. The number of thiazole rings is 1. The molecule has 3 aromatic rings. The summed E-state index contributed by atoms with van der Waals surface area (Å²) in [5, 5.41) is 3.26. The fourth-order valence-corrected chi connectivity index (χ4v) is 6.10. The van der Waals surface area contributed by atoms with Crippen LogP contribution in [-0.4, -0.2) is 28.8 Å². The van der Waals surface area contributed by atoms with Crippen LogP contribution in [0, 0.1) is 0 Å². The monoisotopic (exact) mass is 539 g/mol. The van der Waals surface area contributed by atoms with E-state index in [4.69, 9.17) is 16.3 Å². The van der Waals surface area contributed by atoms with E-state index < -0.39 is 17.6 Å². The molecular formula is C26H22ClN3O4S2. The van der Waals surface area contributed by atoms with Crippen LogP contribution >= 0.6 is 34.7 Å². The van der Waals surface area contributed by atoms with E-state index in [-0.39, 0.29) is 22.1 Å². The minimum atomic E-state index is -0.749. The Kier molecular flexibility index (Phi) is 6.40. The molecule has 2 aromatic carbocycles. The number of ether oxygens (including phenoxy) is 1. The van der Waals surface area contributed by atoms with Crippen molar-refractivity contribution in [2.45, 2.75) is 37.8 Å². The van der Waals surface area contributed by atoms with Crippen molar-refractivity contribution in [1.82, 2.24) is 4.57 Å². The third kappa shape index (κ3) is 4.11. The maximum Gasteiger partial charge on any atom is 0.338 e. The molecule has 2 aliphatic rings. The second-order valence-electron chi connectivity index (χ2n) is 8.65. The van der Waals surface area contributed by atoms with Gasteiger partial charge < -0.3 is 10.1 Å². The summed E-state index contributed by atoms with van der Waals surface area (Å²) in [6.07, 6.45) is 1.64. The van der Waals surface area contributed by atoms with Gasteiger partial charge in [0.2, 0.25) is 0 Å². The lowest BCUT2D eigenvalue weighted by molar-refractivity contribution is -0.143. The van der Waals surface area contributed by atoms with E-state index in [1.807, 2.05) is 30.5 Å². The van der Waals surface area contributed by atoms with E-state index in [1.165, 1.54) is 4.57 Å². The first kappa shape index (κ1) is 24.5. The smallest absolute Gasteiger partial charge is 0.338 e. The zero-order valence-corrected chi connectivity index (χ0v) is 22.3. The number of anilines is 1. The maximum atomic E-state index is 13.9. The summed E-state index contributed by atoms with van der Waals surface area (Å²) in [5.74, 6) is -0.910. The Morgan fingerprint density at radius 1 is 1.19 bits per heavy atom. The fourth-order valence-electron chi connectivity index (χ4n) is 4.38. The molecule has 1 N–H and O–H groups in total. The first-order valence-corrected chi connectivity index (χ1v) is 13.6. The number of benzene rings is 2.